The molecule has 0 bridgehead atoms. The molecular formula is C11H10BrFN4O2. The molecule has 1 aromatic carbocycles. The van der Waals surface area contributed by atoms with Crippen LogP contribution in [0.25, 0.3) is 0 Å². The molecular weight excluding hydrogens is 319 g/mol. The van der Waals surface area contributed by atoms with E-state index < -0.39 is 5.97 Å². The molecule has 0 amide bonds. The zero-order valence-electron chi connectivity index (χ0n) is 9.68. The molecule has 0 fully saturated rings. The molecule has 0 unspecified atom stereocenters. The first-order valence-corrected chi connectivity index (χ1v) is 6.18. The van der Waals surface area contributed by atoms with E-state index in [-0.39, 0.29) is 11.5 Å². The number of aromatic carboxylic acids is 1. The van der Waals surface area contributed by atoms with Crippen molar-refractivity contribution in [3.05, 3.63) is 40.4 Å². The zero-order valence-corrected chi connectivity index (χ0v) is 11.3. The number of hydrogen-bond acceptors (Lipinski definition) is 4. The Morgan fingerprint density at radius 3 is 2.95 bits per heavy atom. The first kappa shape index (κ1) is 13.5. The van der Waals surface area contributed by atoms with Crippen molar-refractivity contribution in [2.45, 2.75) is 6.54 Å². The van der Waals surface area contributed by atoms with Gasteiger partial charge in [-0.1, -0.05) is 21.1 Å². The monoisotopic (exact) mass is 328 g/mol. The maximum Gasteiger partial charge on any atom is 0.358 e. The number of hydrogen-bond donors (Lipinski definition) is 2. The summed E-state index contributed by atoms with van der Waals surface area (Å²) >= 11 is 3.17. The van der Waals surface area contributed by atoms with E-state index in [4.69, 9.17) is 5.11 Å². The highest BCUT2D eigenvalue weighted by Gasteiger charge is 2.08. The summed E-state index contributed by atoms with van der Waals surface area (Å²) in [5.41, 5.74) is 0.261. The molecule has 0 radical (unpaired) electrons. The molecule has 2 aromatic rings. The quantitative estimate of drug-likeness (QED) is 0.877. The molecule has 0 atom stereocenters. The Morgan fingerprint density at radius 2 is 2.32 bits per heavy atom. The minimum atomic E-state index is -1.13. The van der Waals surface area contributed by atoms with Gasteiger partial charge in [0.2, 0.25) is 0 Å². The smallest absolute Gasteiger partial charge is 0.358 e. The van der Waals surface area contributed by atoms with Gasteiger partial charge in [0.05, 0.1) is 18.4 Å². The minimum absolute atomic E-state index is 0.116. The summed E-state index contributed by atoms with van der Waals surface area (Å²) < 4.78 is 15.5. The summed E-state index contributed by atoms with van der Waals surface area (Å²) in [6, 6.07) is 4.70. The molecule has 1 heterocycles. The Balaban J connectivity index is 1.90. The van der Waals surface area contributed by atoms with E-state index >= 15 is 0 Å². The Hall–Kier alpha value is -1.96. The van der Waals surface area contributed by atoms with E-state index in [0.29, 0.717) is 23.2 Å². The van der Waals surface area contributed by atoms with Crippen LogP contribution < -0.4 is 5.32 Å². The highest BCUT2D eigenvalue weighted by Crippen LogP contribution is 2.18. The lowest BCUT2D eigenvalue weighted by Crippen LogP contribution is -2.11. The van der Waals surface area contributed by atoms with Crippen molar-refractivity contribution in [1.29, 1.82) is 0 Å². The number of nitrogens with zero attached hydrogens (tertiary/aromatic N) is 3. The van der Waals surface area contributed by atoms with Crippen molar-refractivity contribution in [2.24, 2.45) is 0 Å². The Labute approximate surface area is 116 Å². The van der Waals surface area contributed by atoms with Gasteiger partial charge in [-0.3, -0.25) is 0 Å². The van der Waals surface area contributed by atoms with Gasteiger partial charge >= 0.3 is 5.97 Å². The SMILES string of the molecule is O=C(O)c1cn(CCNc2ccc(Br)cc2F)nn1. The first-order valence-electron chi connectivity index (χ1n) is 5.38. The van der Waals surface area contributed by atoms with Crippen molar-refractivity contribution < 1.29 is 14.3 Å². The fraction of sp³-hybridized carbons (Fsp3) is 0.182. The second-order valence-corrected chi connectivity index (χ2v) is 4.64. The number of carboxylic acids is 1. The van der Waals surface area contributed by atoms with Gasteiger partial charge in [0.15, 0.2) is 5.69 Å². The summed E-state index contributed by atoms with van der Waals surface area (Å²) in [5.74, 6) is -1.49. The van der Waals surface area contributed by atoms with E-state index in [9.17, 15) is 9.18 Å². The van der Waals surface area contributed by atoms with Crippen LogP contribution in [-0.2, 0) is 6.54 Å². The first-order chi connectivity index (χ1) is 9.06. The van der Waals surface area contributed by atoms with Crippen molar-refractivity contribution in [3.63, 3.8) is 0 Å². The third kappa shape index (κ3) is 3.50. The van der Waals surface area contributed by atoms with Crippen LogP contribution in [0.3, 0.4) is 0 Å². The van der Waals surface area contributed by atoms with Gasteiger partial charge in [0.25, 0.3) is 0 Å². The van der Waals surface area contributed by atoms with E-state index in [1.807, 2.05) is 0 Å². The number of benzene rings is 1. The van der Waals surface area contributed by atoms with Crippen LogP contribution in [0.4, 0.5) is 10.1 Å². The van der Waals surface area contributed by atoms with E-state index in [1.165, 1.54) is 16.9 Å². The number of carboxylic acid groups (broad SMARTS) is 1. The number of nitrogens with one attached hydrogen (secondary N) is 1. The molecule has 0 aliphatic heterocycles. The summed E-state index contributed by atoms with van der Waals surface area (Å²) in [7, 11) is 0. The molecule has 8 heteroatoms. The standard InChI is InChI=1S/C11H10BrFN4O2/c12-7-1-2-9(8(13)5-7)14-3-4-17-6-10(11(18)19)15-16-17/h1-2,5-6,14H,3-4H2,(H,18,19). The highest BCUT2D eigenvalue weighted by molar-refractivity contribution is 9.10. The maximum absolute atomic E-state index is 13.5. The number of halogens is 2. The van der Waals surface area contributed by atoms with Gasteiger partial charge in [-0.2, -0.15) is 0 Å². The lowest BCUT2D eigenvalue weighted by molar-refractivity contribution is 0.0690. The zero-order chi connectivity index (χ0) is 13.8. The summed E-state index contributed by atoms with van der Waals surface area (Å²) in [5, 5.41) is 18.7. The molecule has 19 heavy (non-hydrogen) atoms. The van der Waals surface area contributed by atoms with Crippen molar-refractivity contribution in [1.82, 2.24) is 15.0 Å². The van der Waals surface area contributed by atoms with Crippen LogP contribution in [0.5, 0.6) is 0 Å². The van der Waals surface area contributed by atoms with Crippen molar-refractivity contribution in [2.75, 3.05) is 11.9 Å². The van der Waals surface area contributed by atoms with Gasteiger partial charge in [-0.05, 0) is 18.2 Å². The van der Waals surface area contributed by atoms with E-state index in [2.05, 4.69) is 31.6 Å². The predicted octanol–water partition coefficient (Wildman–Crippen LogP) is 1.99. The third-order valence-electron chi connectivity index (χ3n) is 2.35. The topological polar surface area (TPSA) is 80.0 Å². The lowest BCUT2D eigenvalue weighted by atomic mass is 10.3. The van der Waals surface area contributed by atoms with Crippen LogP contribution in [0.2, 0.25) is 0 Å². The fourth-order valence-electron chi connectivity index (χ4n) is 1.44. The largest absolute Gasteiger partial charge is 0.476 e. The molecule has 2 rings (SSSR count). The Bertz CT molecular complexity index is 602. The Morgan fingerprint density at radius 1 is 1.53 bits per heavy atom. The van der Waals surface area contributed by atoms with E-state index in [0.717, 1.165) is 0 Å². The average Bonchev–Trinajstić information content (AvgIpc) is 2.81. The lowest BCUT2D eigenvalue weighted by Gasteiger charge is -2.07. The van der Waals surface area contributed by atoms with Gasteiger partial charge in [0, 0.05) is 11.0 Å². The van der Waals surface area contributed by atoms with Crippen LogP contribution >= 0.6 is 15.9 Å². The van der Waals surface area contributed by atoms with Gasteiger partial charge in [-0.25, -0.2) is 13.9 Å². The number of rotatable bonds is 5. The van der Waals surface area contributed by atoms with E-state index in [1.54, 1.807) is 12.1 Å². The number of anilines is 1. The molecule has 100 valence electrons. The molecule has 0 spiro atoms. The van der Waals surface area contributed by atoms with Crippen molar-refractivity contribution in [3.8, 4) is 0 Å². The van der Waals surface area contributed by atoms with Gasteiger partial charge in [0.1, 0.15) is 5.82 Å². The molecule has 0 aliphatic rings. The second kappa shape index (κ2) is 5.79. The van der Waals surface area contributed by atoms with Gasteiger partial charge < -0.3 is 10.4 Å². The molecule has 0 saturated heterocycles. The van der Waals surface area contributed by atoms with Crippen LogP contribution in [0.15, 0.2) is 28.9 Å². The predicted molar refractivity (Wildman–Crippen MR) is 69.6 cm³/mol. The summed E-state index contributed by atoms with van der Waals surface area (Å²) in [6.07, 6.45) is 1.32. The molecule has 1 aromatic heterocycles. The second-order valence-electron chi connectivity index (χ2n) is 3.72. The minimum Gasteiger partial charge on any atom is -0.476 e. The normalized spacial score (nSPS) is 10.4. The highest BCUT2D eigenvalue weighted by atomic mass is 79.9. The van der Waals surface area contributed by atoms with Crippen LogP contribution in [0.1, 0.15) is 10.5 Å². The molecule has 2 N–H and O–H groups in total. The third-order valence-corrected chi connectivity index (χ3v) is 2.84. The maximum atomic E-state index is 13.5. The number of aromatic nitrogens is 3. The summed E-state index contributed by atoms with van der Waals surface area (Å²) in [6.45, 7) is 0.788. The van der Waals surface area contributed by atoms with Crippen LogP contribution in [0, 0.1) is 5.82 Å². The fourth-order valence-corrected chi connectivity index (χ4v) is 1.78. The Kier molecular flexibility index (Phi) is 4.10. The van der Waals surface area contributed by atoms with Crippen LogP contribution in [-0.4, -0.2) is 32.6 Å². The molecule has 0 aliphatic carbocycles. The molecule has 6 nitrogen and oxygen atoms in total. The average molecular weight is 329 g/mol. The summed E-state index contributed by atoms with van der Waals surface area (Å²) in [4.78, 5) is 10.6. The molecule has 0 saturated carbocycles. The van der Waals surface area contributed by atoms with Gasteiger partial charge in [-0.15, -0.1) is 5.10 Å². The van der Waals surface area contributed by atoms with Crippen molar-refractivity contribution >= 4 is 27.6 Å². The number of carbonyl (C=O) groups is 1.